The van der Waals surface area contributed by atoms with Crippen molar-refractivity contribution in [2.45, 2.75) is 50.7 Å². The zero-order valence-electron chi connectivity index (χ0n) is 16.5. The van der Waals surface area contributed by atoms with Crippen molar-refractivity contribution in [3.05, 3.63) is 35.6 Å². The van der Waals surface area contributed by atoms with Crippen LogP contribution in [0.3, 0.4) is 0 Å². The first-order valence-electron chi connectivity index (χ1n) is 10.1. The van der Waals surface area contributed by atoms with Crippen LogP contribution in [-0.2, 0) is 25.5 Å². The smallest absolute Gasteiger partial charge is 0.330 e. The van der Waals surface area contributed by atoms with E-state index in [2.05, 4.69) is 5.32 Å². The second kappa shape index (κ2) is 9.00. The Kier molecular flexibility index (Phi) is 6.64. The normalized spacial score (nSPS) is 27.2. The Bertz CT molecular complexity index is 763. The lowest BCUT2D eigenvalue weighted by Gasteiger charge is -2.33. The molecule has 2 N–H and O–H groups in total. The molecule has 0 saturated carbocycles. The molecule has 0 radical (unpaired) electrons. The molecule has 3 rings (SSSR count). The average Bonchev–Trinajstić information content (AvgIpc) is 3.02. The summed E-state index contributed by atoms with van der Waals surface area (Å²) in [6.07, 6.45) is 0.862. The second-order valence-corrected chi connectivity index (χ2v) is 7.73. The lowest BCUT2D eigenvalue weighted by molar-refractivity contribution is -0.162. The summed E-state index contributed by atoms with van der Waals surface area (Å²) in [7, 11) is 0. The van der Waals surface area contributed by atoms with Crippen LogP contribution in [0.2, 0.25) is 0 Å². The number of nitrogens with one attached hydrogen (secondary N) is 1. The third-order valence-corrected chi connectivity index (χ3v) is 5.73. The van der Waals surface area contributed by atoms with E-state index in [4.69, 9.17) is 4.74 Å². The van der Waals surface area contributed by atoms with Crippen molar-refractivity contribution < 1.29 is 28.6 Å². The zero-order valence-corrected chi connectivity index (χ0v) is 16.5. The molecule has 0 spiro atoms. The average molecular weight is 406 g/mol. The van der Waals surface area contributed by atoms with Crippen molar-refractivity contribution in [2.24, 2.45) is 5.92 Å². The maximum atomic E-state index is 13.3. The fourth-order valence-corrected chi connectivity index (χ4v) is 4.20. The maximum absolute atomic E-state index is 13.3. The fraction of sp³-hybridized carbons (Fsp3) is 0.571. The molecule has 2 aliphatic heterocycles. The van der Waals surface area contributed by atoms with Crippen molar-refractivity contribution in [2.75, 3.05) is 19.7 Å². The minimum atomic E-state index is -1.70. The molecule has 2 amide bonds. The van der Waals surface area contributed by atoms with E-state index in [1.165, 1.54) is 24.3 Å². The van der Waals surface area contributed by atoms with Gasteiger partial charge in [-0.3, -0.25) is 14.5 Å². The van der Waals surface area contributed by atoms with E-state index in [-0.39, 0.29) is 19.3 Å². The van der Waals surface area contributed by atoms with Gasteiger partial charge in [0.1, 0.15) is 5.82 Å². The third-order valence-electron chi connectivity index (χ3n) is 5.73. The third kappa shape index (κ3) is 4.33. The summed E-state index contributed by atoms with van der Waals surface area (Å²) in [4.78, 5) is 39.6. The molecule has 0 bridgehead atoms. The topological polar surface area (TPSA) is 95.9 Å². The molecule has 29 heavy (non-hydrogen) atoms. The molecular formula is C21H27FN2O5. The largest absolute Gasteiger partial charge is 0.479 e. The van der Waals surface area contributed by atoms with E-state index in [9.17, 15) is 23.9 Å². The molecule has 1 aromatic carbocycles. The molecule has 3 atom stereocenters. The van der Waals surface area contributed by atoms with Gasteiger partial charge in [-0.15, -0.1) is 0 Å². The van der Waals surface area contributed by atoms with Crippen LogP contribution in [0.4, 0.5) is 4.39 Å². The van der Waals surface area contributed by atoms with Crippen LogP contribution >= 0.6 is 0 Å². The van der Waals surface area contributed by atoms with Gasteiger partial charge >= 0.3 is 5.97 Å². The SMILES string of the molecule is CCCCC(=O)N1C(=O)C(C2CNCCO2)C[C@]1(Cc1ccc(F)cc1)C(=O)O. The summed E-state index contributed by atoms with van der Waals surface area (Å²) >= 11 is 0. The number of hydrogen-bond donors (Lipinski definition) is 2. The standard InChI is InChI=1S/C21H27FN2O5/c1-2-3-4-18(25)24-19(26)16(17-13-23-9-10-29-17)12-21(24,20(27)28)11-14-5-7-15(22)8-6-14/h5-8,16-17,23H,2-4,9-13H2,1H3,(H,27,28)/t16?,17?,21-/m1/s1. The fourth-order valence-electron chi connectivity index (χ4n) is 4.20. The Labute approximate surface area is 169 Å². The number of rotatable bonds is 7. The Hall–Kier alpha value is -2.32. The highest BCUT2D eigenvalue weighted by Gasteiger charge is 2.60. The maximum Gasteiger partial charge on any atom is 0.330 e. The molecule has 0 aromatic heterocycles. The van der Waals surface area contributed by atoms with E-state index in [0.717, 1.165) is 11.3 Å². The Morgan fingerprint density at radius 2 is 2.07 bits per heavy atom. The molecule has 8 heteroatoms. The predicted octanol–water partition coefficient (Wildman–Crippen LogP) is 1.75. The number of carboxylic acids is 1. The molecule has 2 heterocycles. The Balaban J connectivity index is 1.97. The Morgan fingerprint density at radius 3 is 2.66 bits per heavy atom. The summed E-state index contributed by atoms with van der Waals surface area (Å²) < 4.78 is 19.0. The van der Waals surface area contributed by atoms with Crippen LogP contribution in [0, 0.1) is 11.7 Å². The number of ether oxygens (including phenoxy) is 1. The van der Waals surface area contributed by atoms with Gasteiger partial charge in [-0.05, 0) is 30.5 Å². The van der Waals surface area contributed by atoms with Gasteiger partial charge in [-0.25, -0.2) is 9.18 Å². The van der Waals surface area contributed by atoms with Crippen LogP contribution in [0.5, 0.6) is 0 Å². The number of carbonyl (C=O) groups excluding carboxylic acids is 2. The van der Waals surface area contributed by atoms with Gasteiger partial charge in [0.05, 0.1) is 18.6 Å². The molecule has 2 saturated heterocycles. The number of likely N-dealkylation sites (tertiary alicyclic amines) is 1. The quantitative estimate of drug-likeness (QED) is 0.716. The molecule has 2 aliphatic rings. The number of aliphatic carboxylic acids is 1. The van der Waals surface area contributed by atoms with E-state index in [1.807, 2.05) is 6.92 Å². The van der Waals surface area contributed by atoms with Crippen LogP contribution in [-0.4, -0.2) is 59.1 Å². The van der Waals surface area contributed by atoms with E-state index < -0.39 is 41.2 Å². The lowest BCUT2D eigenvalue weighted by atomic mass is 9.83. The molecule has 158 valence electrons. The van der Waals surface area contributed by atoms with E-state index in [1.54, 1.807) is 0 Å². The number of benzene rings is 1. The monoisotopic (exact) mass is 406 g/mol. The first kappa shape index (κ1) is 21.4. The van der Waals surface area contributed by atoms with Gasteiger partial charge in [0.2, 0.25) is 11.8 Å². The number of halogens is 1. The Morgan fingerprint density at radius 1 is 1.34 bits per heavy atom. The van der Waals surface area contributed by atoms with Crippen molar-refractivity contribution in [3.8, 4) is 0 Å². The van der Waals surface area contributed by atoms with Crippen molar-refractivity contribution in [1.29, 1.82) is 0 Å². The van der Waals surface area contributed by atoms with Crippen LogP contribution in [0.1, 0.15) is 38.2 Å². The van der Waals surface area contributed by atoms with Crippen molar-refractivity contribution >= 4 is 17.8 Å². The number of imide groups is 1. The van der Waals surface area contributed by atoms with Crippen LogP contribution in [0.25, 0.3) is 0 Å². The highest BCUT2D eigenvalue weighted by molar-refractivity contribution is 6.05. The number of hydrogen-bond acceptors (Lipinski definition) is 5. The number of nitrogens with zero attached hydrogens (tertiary/aromatic N) is 1. The molecular weight excluding hydrogens is 379 g/mol. The van der Waals surface area contributed by atoms with Gasteiger partial charge in [-0.1, -0.05) is 25.5 Å². The highest BCUT2D eigenvalue weighted by atomic mass is 19.1. The minimum absolute atomic E-state index is 0.0250. The van der Waals surface area contributed by atoms with Gasteiger partial charge in [0.25, 0.3) is 0 Å². The van der Waals surface area contributed by atoms with Crippen molar-refractivity contribution in [3.63, 3.8) is 0 Å². The van der Waals surface area contributed by atoms with E-state index >= 15 is 0 Å². The predicted molar refractivity (Wildman–Crippen MR) is 103 cm³/mol. The van der Waals surface area contributed by atoms with E-state index in [0.29, 0.717) is 31.7 Å². The summed E-state index contributed by atoms with van der Waals surface area (Å²) in [5.41, 5.74) is -1.15. The van der Waals surface area contributed by atoms with Gasteiger partial charge < -0.3 is 15.2 Å². The number of carbonyl (C=O) groups is 3. The zero-order chi connectivity index (χ0) is 21.0. The van der Waals surface area contributed by atoms with Crippen LogP contribution < -0.4 is 5.32 Å². The lowest BCUT2D eigenvalue weighted by Crippen LogP contribution is -2.56. The molecule has 2 unspecified atom stereocenters. The number of carboxylic acid groups (broad SMARTS) is 1. The first-order chi connectivity index (χ1) is 13.9. The highest BCUT2D eigenvalue weighted by Crippen LogP contribution is 2.40. The number of unbranched alkanes of at least 4 members (excludes halogenated alkanes) is 1. The van der Waals surface area contributed by atoms with Crippen LogP contribution in [0.15, 0.2) is 24.3 Å². The summed E-state index contributed by atoms with van der Waals surface area (Å²) in [5, 5.41) is 13.3. The van der Waals surface area contributed by atoms with Gasteiger partial charge in [-0.2, -0.15) is 0 Å². The second-order valence-electron chi connectivity index (χ2n) is 7.73. The number of amides is 2. The summed E-state index contributed by atoms with van der Waals surface area (Å²) in [6.45, 7) is 3.44. The summed E-state index contributed by atoms with van der Waals surface area (Å²) in [6, 6.07) is 5.48. The summed E-state index contributed by atoms with van der Waals surface area (Å²) in [5.74, 6) is -3.36. The molecule has 0 aliphatic carbocycles. The molecule has 2 fully saturated rings. The van der Waals surface area contributed by atoms with Crippen molar-refractivity contribution in [1.82, 2.24) is 10.2 Å². The first-order valence-corrected chi connectivity index (χ1v) is 10.1. The van der Waals surface area contributed by atoms with Gasteiger partial charge in [0.15, 0.2) is 5.54 Å². The minimum Gasteiger partial charge on any atom is -0.479 e. The molecule has 7 nitrogen and oxygen atoms in total. The molecule has 1 aromatic rings. The number of morpholine rings is 1. The van der Waals surface area contributed by atoms with Gasteiger partial charge in [0, 0.05) is 25.9 Å².